The summed E-state index contributed by atoms with van der Waals surface area (Å²) in [6.45, 7) is 0. The van der Waals surface area contributed by atoms with Gasteiger partial charge in [-0.25, -0.2) is 16.8 Å². The van der Waals surface area contributed by atoms with Crippen molar-refractivity contribution < 1.29 is 21.6 Å². The molecule has 120 valence electrons. The zero-order chi connectivity index (χ0) is 17.3. The molecule has 0 saturated carbocycles. The minimum Gasteiger partial charge on any atom is -0.359 e. The Bertz CT molecular complexity index is 950. The molecule has 0 aliphatic rings. The Morgan fingerprint density at radius 2 is 1.13 bits per heavy atom. The van der Waals surface area contributed by atoms with Gasteiger partial charge < -0.3 is 5.53 Å². The van der Waals surface area contributed by atoms with Crippen molar-refractivity contribution in [3.05, 3.63) is 64.1 Å². The Labute approximate surface area is 142 Å². The number of hydrogen-bond donors (Lipinski definition) is 0. The van der Waals surface area contributed by atoms with Crippen LogP contribution >= 0.6 is 23.2 Å². The summed E-state index contributed by atoms with van der Waals surface area (Å²) in [6, 6.07) is 10.4. The van der Waals surface area contributed by atoms with E-state index in [-0.39, 0.29) is 10.0 Å². The van der Waals surface area contributed by atoms with Gasteiger partial charge in [0.25, 0.3) is 19.7 Å². The zero-order valence-electron chi connectivity index (χ0n) is 11.2. The minimum absolute atomic E-state index is 0.206. The van der Waals surface area contributed by atoms with E-state index < -0.39 is 33.8 Å². The van der Waals surface area contributed by atoms with E-state index in [9.17, 15) is 16.8 Å². The van der Waals surface area contributed by atoms with Crippen LogP contribution in [0.3, 0.4) is 0 Å². The summed E-state index contributed by atoms with van der Waals surface area (Å²) in [5.74, 6) is 0. The number of halogens is 2. The maximum atomic E-state index is 12.5. The van der Waals surface area contributed by atoms with E-state index in [1.54, 1.807) is 0 Å². The Morgan fingerprint density at radius 3 is 1.43 bits per heavy atom. The van der Waals surface area contributed by atoms with E-state index in [0.717, 1.165) is 12.1 Å². The fraction of sp³-hybridized carbons (Fsp3) is 0. The number of sulfone groups is 2. The van der Waals surface area contributed by atoms with E-state index in [1.165, 1.54) is 36.4 Å². The van der Waals surface area contributed by atoms with E-state index in [0.29, 0.717) is 0 Å². The lowest BCUT2D eigenvalue weighted by molar-refractivity contribution is 0.00380. The summed E-state index contributed by atoms with van der Waals surface area (Å²) in [4.78, 5) is 1.50. The Kier molecular flexibility index (Phi) is 4.93. The standard InChI is InChI=1S/C13H8Cl2N2O4S2/c14-9-5-1-3-7-11(9)22(18,19)13(17-16)23(20,21)12-8-4-2-6-10(12)15/h1-8H. The number of nitrogens with zero attached hydrogens (tertiary/aromatic N) is 2. The normalized spacial score (nSPS) is 11.7. The molecule has 0 saturated heterocycles. The molecule has 0 amide bonds. The molecule has 2 aromatic rings. The first-order chi connectivity index (χ1) is 10.7. The van der Waals surface area contributed by atoms with Crippen molar-refractivity contribution in [3.63, 3.8) is 0 Å². The highest BCUT2D eigenvalue weighted by molar-refractivity contribution is 8.31. The van der Waals surface area contributed by atoms with Gasteiger partial charge in [0, 0.05) is 0 Å². The first kappa shape index (κ1) is 17.7. The maximum absolute atomic E-state index is 12.5. The Hall–Kier alpha value is -1.70. The second kappa shape index (κ2) is 6.43. The molecule has 0 aliphatic heterocycles. The molecule has 10 heteroatoms. The first-order valence-electron chi connectivity index (χ1n) is 5.94. The summed E-state index contributed by atoms with van der Waals surface area (Å²) < 4.78 is 48.6. The van der Waals surface area contributed by atoms with Crippen LogP contribution in [-0.4, -0.2) is 26.0 Å². The SMILES string of the molecule is [N-]=[N+]=C(S(=O)(=O)c1ccccc1Cl)S(=O)(=O)c1ccccc1Cl. The molecule has 0 fully saturated rings. The average Bonchev–Trinajstić information content (AvgIpc) is 2.47. The highest BCUT2D eigenvalue weighted by Crippen LogP contribution is 2.28. The molecule has 0 atom stereocenters. The smallest absolute Gasteiger partial charge is 0.359 e. The highest BCUT2D eigenvalue weighted by atomic mass is 35.5. The van der Waals surface area contributed by atoms with Gasteiger partial charge >= 0.3 is 4.38 Å². The number of benzene rings is 2. The molecule has 0 unspecified atom stereocenters. The van der Waals surface area contributed by atoms with Crippen LogP contribution in [0.1, 0.15) is 0 Å². The lowest BCUT2D eigenvalue weighted by Gasteiger charge is -2.05. The van der Waals surface area contributed by atoms with E-state index in [4.69, 9.17) is 28.7 Å². The fourth-order valence-corrected chi connectivity index (χ4v) is 6.10. The molecule has 0 heterocycles. The van der Waals surface area contributed by atoms with Gasteiger partial charge in [0.2, 0.25) is 0 Å². The third-order valence-electron chi connectivity index (χ3n) is 2.79. The minimum atomic E-state index is -4.68. The number of hydrogen-bond acceptors (Lipinski definition) is 4. The molecule has 2 aromatic carbocycles. The van der Waals surface area contributed by atoms with Gasteiger partial charge in [-0.1, -0.05) is 47.5 Å². The van der Waals surface area contributed by atoms with Crippen LogP contribution in [0.15, 0.2) is 58.3 Å². The zero-order valence-corrected chi connectivity index (χ0v) is 14.4. The van der Waals surface area contributed by atoms with E-state index in [1.807, 2.05) is 0 Å². The van der Waals surface area contributed by atoms with Crippen molar-refractivity contribution in [2.24, 2.45) is 0 Å². The van der Waals surface area contributed by atoms with Crippen molar-refractivity contribution in [1.82, 2.24) is 0 Å². The molecule has 0 aromatic heterocycles. The summed E-state index contributed by atoms with van der Waals surface area (Å²) in [7, 11) is -9.37. The van der Waals surface area contributed by atoms with E-state index in [2.05, 4.69) is 4.79 Å². The summed E-state index contributed by atoms with van der Waals surface area (Å²) in [5.41, 5.74) is 9.05. The molecule has 6 nitrogen and oxygen atoms in total. The van der Waals surface area contributed by atoms with Crippen LogP contribution in [0.25, 0.3) is 5.53 Å². The topological polar surface area (TPSA) is 105 Å². The van der Waals surface area contributed by atoms with Gasteiger partial charge in [0.05, 0.1) is 19.8 Å². The summed E-state index contributed by atoms with van der Waals surface area (Å²) in [5, 5.41) is -0.411. The molecule has 0 radical (unpaired) electrons. The Morgan fingerprint density at radius 1 is 0.783 bits per heavy atom. The van der Waals surface area contributed by atoms with Crippen LogP contribution in [0, 0.1) is 0 Å². The van der Waals surface area contributed by atoms with Crippen molar-refractivity contribution in [3.8, 4) is 0 Å². The van der Waals surface area contributed by atoms with Crippen LogP contribution < -0.4 is 0 Å². The molecule has 0 bridgehead atoms. The van der Waals surface area contributed by atoms with Gasteiger partial charge in [-0.05, 0) is 24.3 Å². The third-order valence-corrected chi connectivity index (χ3v) is 7.95. The molecule has 0 spiro atoms. The predicted molar refractivity (Wildman–Crippen MR) is 85.9 cm³/mol. The Balaban J connectivity index is 2.73. The van der Waals surface area contributed by atoms with Crippen LogP contribution in [0.4, 0.5) is 0 Å². The van der Waals surface area contributed by atoms with Gasteiger partial charge in [0.1, 0.15) is 0 Å². The van der Waals surface area contributed by atoms with Gasteiger partial charge in [-0.15, -0.1) is 4.79 Å². The summed E-state index contributed by atoms with van der Waals surface area (Å²) >= 11 is 11.6. The second-order valence-corrected chi connectivity index (χ2v) is 8.97. The van der Waals surface area contributed by atoms with Gasteiger partial charge in [0.15, 0.2) is 0 Å². The molecular weight excluding hydrogens is 383 g/mol. The average molecular weight is 391 g/mol. The lowest BCUT2D eigenvalue weighted by atomic mass is 10.4. The highest BCUT2D eigenvalue weighted by Gasteiger charge is 2.45. The van der Waals surface area contributed by atoms with Crippen LogP contribution in [0.2, 0.25) is 10.0 Å². The maximum Gasteiger partial charge on any atom is 0.504 e. The molecule has 2 rings (SSSR count). The predicted octanol–water partition coefficient (Wildman–Crippen LogP) is 2.83. The molecule has 0 aliphatic carbocycles. The fourth-order valence-electron chi connectivity index (χ4n) is 1.77. The van der Waals surface area contributed by atoms with Crippen molar-refractivity contribution in [1.29, 1.82) is 0 Å². The lowest BCUT2D eigenvalue weighted by Crippen LogP contribution is -2.26. The van der Waals surface area contributed by atoms with Crippen LogP contribution in [0.5, 0.6) is 0 Å². The summed E-state index contributed by atoms with van der Waals surface area (Å²) in [6.07, 6.45) is 0. The molecule has 0 N–H and O–H groups in total. The van der Waals surface area contributed by atoms with Gasteiger partial charge in [-0.2, -0.15) is 0 Å². The van der Waals surface area contributed by atoms with E-state index >= 15 is 0 Å². The van der Waals surface area contributed by atoms with Crippen LogP contribution in [-0.2, 0) is 19.7 Å². The molecular formula is C13H8Cl2N2O4S2. The molecule has 23 heavy (non-hydrogen) atoms. The quantitative estimate of drug-likeness (QED) is 0.340. The monoisotopic (exact) mass is 390 g/mol. The van der Waals surface area contributed by atoms with Crippen molar-refractivity contribution in [2.75, 3.05) is 0 Å². The second-order valence-electron chi connectivity index (χ2n) is 4.23. The van der Waals surface area contributed by atoms with Crippen molar-refractivity contribution in [2.45, 2.75) is 9.79 Å². The third kappa shape index (κ3) is 3.17. The van der Waals surface area contributed by atoms with Gasteiger partial charge in [-0.3, -0.25) is 0 Å². The number of rotatable bonds is 2. The largest absolute Gasteiger partial charge is 0.504 e. The first-order valence-corrected chi connectivity index (χ1v) is 9.66. The van der Waals surface area contributed by atoms with Crippen molar-refractivity contribution >= 4 is 47.3 Å².